The minimum atomic E-state index is 0.662. The maximum absolute atomic E-state index is 5.28. The Morgan fingerprint density at radius 2 is 2.00 bits per heavy atom. The fourth-order valence-corrected chi connectivity index (χ4v) is 2.01. The average Bonchev–Trinajstić information content (AvgIpc) is 2.69. The Labute approximate surface area is 106 Å². The monoisotopic (exact) mass is 247 g/mol. The number of benzene rings is 1. The summed E-state index contributed by atoms with van der Waals surface area (Å²) in [6, 6.07) is 10.1. The highest BCUT2D eigenvalue weighted by Gasteiger charge is 2.08. The first-order valence-electron chi connectivity index (χ1n) is 5.90. The van der Waals surface area contributed by atoms with Crippen molar-refractivity contribution < 1.29 is 0 Å². The normalized spacial score (nSPS) is 11.0. The lowest BCUT2D eigenvalue weighted by Gasteiger charge is -2.07. The topological polar surface area (TPSA) is 33.6 Å². The van der Waals surface area contributed by atoms with Gasteiger partial charge < -0.3 is 0 Å². The summed E-state index contributed by atoms with van der Waals surface area (Å²) in [7, 11) is 0. The number of nitrogens with one attached hydrogen (secondary N) is 1. The molecule has 1 heterocycles. The lowest BCUT2D eigenvalue weighted by molar-refractivity contribution is 0.570. The molecule has 0 atom stereocenters. The van der Waals surface area contributed by atoms with Gasteiger partial charge in [-0.3, -0.25) is 9.67 Å². The Balaban J connectivity index is 2.33. The van der Waals surface area contributed by atoms with Crippen molar-refractivity contribution in [1.29, 1.82) is 0 Å². The molecule has 0 unspecified atom stereocenters. The summed E-state index contributed by atoms with van der Waals surface area (Å²) in [6.45, 7) is 4.43. The molecule has 3 nitrogen and oxygen atoms in total. The van der Waals surface area contributed by atoms with Gasteiger partial charge in [0.05, 0.1) is 0 Å². The molecule has 17 heavy (non-hydrogen) atoms. The minimum Gasteiger partial charge on any atom is -0.272 e. The van der Waals surface area contributed by atoms with Gasteiger partial charge in [-0.15, -0.1) is 0 Å². The van der Waals surface area contributed by atoms with Crippen molar-refractivity contribution in [2.75, 3.05) is 0 Å². The Morgan fingerprint density at radius 3 is 2.65 bits per heavy atom. The van der Waals surface area contributed by atoms with Crippen LogP contribution in [0.3, 0.4) is 0 Å². The van der Waals surface area contributed by atoms with Crippen molar-refractivity contribution >= 4 is 12.2 Å². The van der Waals surface area contributed by atoms with Crippen LogP contribution in [0.15, 0.2) is 30.3 Å². The number of nitrogens with zero attached hydrogens (tertiary/aromatic N) is 2. The van der Waals surface area contributed by atoms with Crippen LogP contribution in [0, 0.1) is 10.7 Å². The first-order chi connectivity index (χ1) is 8.18. The molecule has 1 aromatic carbocycles. The summed E-state index contributed by atoms with van der Waals surface area (Å²) in [5.74, 6) is 1.68. The molecular formula is C13H17N3S. The largest absolute Gasteiger partial charge is 0.272 e. The Hall–Kier alpha value is -1.42. The van der Waals surface area contributed by atoms with E-state index in [-0.39, 0.29) is 0 Å². The molecule has 0 spiro atoms. The van der Waals surface area contributed by atoms with E-state index in [0.29, 0.717) is 10.7 Å². The summed E-state index contributed by atoms with van der Waals surface area (Å²) in [5, 5.41) is 7.19. The molecule has 0 aliphatic heterocycles. The maximum atomic E-state index is 5.28. The van der Waals surface area contributed by atoms with Crippen molar-refractivity contribution in [3.8, 4) is 5.69 Å². The predicted molar refractivity (Wildman–Crippen MR) is 71.9 cm³/mol. The Kier molecular flexibility index (Phi) is 3.74. The van der Waals surface area contributed by atoms with E-state index in [1.54, 1.807) is 0 Å². The average molecular weight is 247 g/mol. The van der Waals surface area contributed by atoms with Crippen LogP contribution in [0.1, 0.15) is 26.1 Å². The van der Waals surface area contributed by atoms with E-state index in [1.807, 2.05) is 34.9 Å². The van der Waals surface area contributed by atoms with Gasteiger partial charge in [0.2, 0.25) is 0 Å². The van der Waals surface area contributed by atoms with E-state index in [0.717, 1.165) is 24.4 Å². The van der Waals surface area contributed by atoms with E-state index < -0.39 is 0 Å². The summed E-state index contributed by atoms with van der Waals surface area (Å²) in [5.41, 5.74) is 1.07. The number of hydrogen-bond donors (Lipinski definition) is 1. The third kappa shape index (κ3) is 2.82. The maximum Gasteiger partial charge on any atom is 0.199 e. The van der Waals surface area contributed by atoms with Crippen LogP contribution in [0.5, 0.6) is 0 Å². The van der Waals surface area contributed by atoms with Crippen molar-refractivity contribution in [2.24, 2.45) is 5.92 Å². The molecule has 0 aliphatic carbocycles. The zero-order valence-corrected chi connectivity index (χ0v) is 11.0. The van der Waals surface area contributed by atoms with E-state index in [4.69, 9.17) is 12.2 Å². The number of aryl methyl sites for hydroxylation is 1. The summed E-state index contributed by atoms with van der Waals surface area (Å²) < 4.78 is 2.67. The Bertz CT molecular complexity index is 525. The summed E-state index contributed by atoms with van der Waals surface area (Å²) in [4.78, 5) is 0. The summed E-state index contributed by atoms with van der Waals surface area (Å²) in [6.07, 6.45) is 2.06. The van der Waals surface area contributed by atoms with Gasteiger partial charge in [0.25, 0.3) is 0 Å². The third-order valence-corrected chi connectivity index (χ3v) is 2.98. The molecule has 0 amide bonds. The molecule has 0 aliphatic rings. The van der Waals surface area contributed by atoms with Crippen LogP contribution in [0.25, 0.3) is 5.69 Å². The highest BCUT2D eigenvalue weighted by molar-refractivity contribution is 7.71. The van der Waals surface area contributed by atoms with Crippen LogP contribution in [-0.4, -0.2) is 14.8 Å². The second-order valence-corrected chi connectivity index (χ2v) is 4.94. The minimum absolute atomic E-state index is 0.662. The van der Waals surface area contributed by atoms with E-state index in [2.05, 4.69) is 24.0 Å². The first-order valence-corrected chi connectivity index (χ1v) is 6.31. The molecule has 0 saturated heterocycles. The van der Waals surface area contributed by atoms with Gasteiger partial charge in [-0.1, -0.05) is 32.0 Å². The van der Waals surface area contributed by atoms with Gasteiger partial charge in [-0.2, -0.15) is 5.10 Å². The van der Waals surface area contributed by atoms with Crippen LogP contribution in [0.4, 0.5) is 0 Å². The molecule has 0 bridgehead atoms. The van der Waals surface area contributed by atoms with Gasteiger partial charge in [0.1, 0.15) is 5.82 Å². The molecule has 0 fully saturated rings. The molecule has 1 aromatic heterocycles. The second-order valence-electron chi connectivity index (χ2n) is 4.55. The summed E-state index contributed by atoms with van der Waals surface area (Å²) >= 11 is 5.28. The number of H-pyrrole nitrogens is 1. The van der Waals surface area contributed by atoms with Crippen molar-refractivity contribution in [2.45, 2.75) is 26.7 Å². The lowest BCUT2D eigenvalue weighted by Crippen LogP contribution is -2.03. The number of hydrogen-bond acceptors (Lipinski definition) is 2. The Morgan fingerprint density at radius 1 is 1.29 bits per heavy atom. The molecule has 0 saturated carbocycles. The number of aromatic nitrogens is 3. The smallest absolute Gasteiger partial charge is 0.199 e. The molecule has 4 heteroatoms. The fourth-order valence-electron chi connectivity index (χ4n) is 1.76. The first kappa shape index (κ1) is 12.0. The van der Waals surface area contributed by atoms with E-state index >= 15 is 0 Å². The van der Waals surface area contributed by atoms with Crippen LogP contribution < -0.4 is 0 Å². The third-order valence-electron chi connectivity index (χ3n) is 2.70. The van der Waals surface area contributed by atoms with Crippen molar-refractivity contribution in [1.82, 2.24) is 14.8 Å². The van der Waals surface area contributed by atoms with E-state index in [1.165, 1.54) is 0 Å². The van der Waals surface area contributed by atoms with Crippen LogP contribution in [0.2, 0.25) is 0 Å². The lowest BCUT2D eigenvalue weighted by atomic mass is 10.1. The molecule has 1 N–H and O–H groups in total. The molecule has 90 valence electrons. The quantitative estimate of drug-likeness (QED) is 0.839. The fraction of sp³-hybridized carbons (Fsp3) is 0.385. The van der Waals surface area contributed by atoms with Gasteiger partial charge in [0, 0.05) is 12.1 Å². The molecule has 2 rings (SSSR count). The number of para-hydroxylation sites is 1. The predicted octanol–water partition coefficient (Wildman–Crippen LogP) is 3.52. The zero-order valence-electron chi connectivity index (χ0n) is 10.2. The van der Waals surface area contributed by atoms with Crippen LogP contribution >= 0.6 is 12.2 Å². The molecule has 2 aromatic rings. The van der Waals surface area contributed by atoms with Crippen molar-refractivity contribution in [3.63, 3.8) is 0 Å². The van der Waals surface area contributed by atoms with Gasteiger partial charge in [-0.25, -0.2) is 0 Å². The van der Waals surface area contributed by atoms with Gasteiger partial charge in [-0.05, 0) is 36.7 Å². The molecule has 0 radical (unpaired) electrons. The highest BCUT2D eigenvalue weighted by Crippen LogP contribution is 2.13. The standard InChI is InChI=1S/C13H17N3S/c1-10(2)8-9-12-14-15-13(17)16(12)11-6-4-3-5-7-11/h3-7,10H,8-9H2,1-2H3,(H,15,17). The highest BCUT2D eigenvalue weighted by atomic mass is 32.1. The van der Waals surface area contributed by atoms with E-state index in [9.17, 15) is 0 Å². The van der Waals surface area contributed by atoms with Crippen LogP contribution in [-0.2, 0) is 6.42 Å². The van der Waals surface area contributed by atoms with Gasteiger partial charge in [0.15, 0.2) is 4.77 Å². The SMILES string of the molecule is CC(C)CCc1n[nH]c(=S)n1-c1ccccc1. The molecular weight excluding hydrogens is 230 g/mol. The zero-order chi connectivity index (χ0) is 12.3. The number of aromatic amines is 1. The van der Waals surface area contributed by atoms with Gasteiger partial charge >= 0.3 is 0 Å². The number of rotatable bonds is 4. The second kappa shape index (κ2) is 5.27. The van der Waals surface area contributed by atoms with Crippen molar-refractivity contribution in [3.05, 3.63) is 40.9 Å².